The van der Waals surface area contributed by atoms with Gasteiger partial charge < -0.3 is 4.84 Å². The van der Waals surface area contributed by atoms with Gasteiger partial charge in [-0.2, -0.15) is 4.73 Å². The zero-order valence-electron chi connectivity index (χ0n) is 23.9. The molecule has 0 fully saturated rings. The average Bonchev–Trinajstić information content (AvgIpc) is 3.08. The van der Waals surface area contributed by atoms with Crippen LogP contribution >= 0.6 is 0 Å². The molecule has 0 saturated heterocycles. The predicted octanol–water partition coefficient (Wildman–Crippen LogP) is 9.81. The van der Waals surface area contributed by atoms with Gasteiger partial charge in [0.1, 0.15) is 0 Å². The lowest BCUT2D eigenvalue weighted by Crippen LogP contribution is -2.24. The largest absolute Gasteiger partial charge is 0.373 e. The molecule has 43 heavy (non-hydrogen) atoms. The molecule has 0 bridgehead atoms. The third kappa shape index (κ3) is 4.81. The van der Waals surface area contributed by atoms with Gasteiger partial charge in [-0.15, -0.1) is 0 Å². The lowest BCUT2D eigenvalue weighted by Gasteiger charge is -2.19. The van der Waals surface area contributed by atoms with Crippen LogP contribution in [0.4, 0.5) is 0 Å². The molecule has 0 aliphatic carbocycles. The number of nitrogens with zero attached hydrogens (tertiary/aromatic N) is 2. The van der Waals surface area contributed by atoms with Crippen LogP contribution in [0.15, 0.2) is 157 Å². The molecule has 0 amide bonds. The molecule has 0 aliphatic rings. The first-order valence-electron chi connectivity index (χ1n) is 14.4. The number of rotatable bonds is 6. The van der Waals surface area contributed by atoms with Crippen LogP contribution in [0.3, 0.4) is 0 Å². The summed E-state index contributed by atoms with van der Waals surface area (Å²) in [4.78, 5) is 10.9. The smallest absolute Gasteiger partial charge is 0.163 e. The molecule has 3 nitrogen and oxygen atoms in total. The number of pyridine rings is 1. The number of hydrogen-bond donors (Lipinski definition) is 0. The Balaban J connectivity index is 1.44. The van der Waals surface area contributed by atoms with E-state index in [1.54, 1.807) is 17.9 Å². The lowest BCUT2D eigenvalue weighted by atomic mass is 9.86. The summed E-state index contributed by atoms with van der Waals surface area (Å²) < 4.78 is 1.75. The third-order valence-corrected chi connectivity index (χ3v) is 7.96. The molecule has 7 aromatic rings. The van der Waals surface area contributed by atoms with Crippen LogP contribution in [0.2, 0.25) is 0 Å². The van der Waals surface area contributed by atoms with E-state index < -0.39 is 0 Å². The third-order valence-electron chi connectivity index (χ3n) is 7.96. The molecule has 0 saturated carbocycles. The molecule has 0 N–H and O–H groups in total. The summed E-state index contributed by atoms with van der Waals surface area (Å²) in [5.74, 6) is 0.716. The zero-order chi connectivity index (χ0) is 29.2. The normalized spacial score (nSPS) is 11.6. The van der Waals surface area contributed by atoms with E-state index in [0.29, 0.717) is 11.2 Å². The van der Waals surface area contributed by atoms with E-state index in [-0.39, 0.29) is 0 Å². The van der Waals surface area contributed by atoms with Crippen molar-refractivity contribution in [3.8, 4) is 39.1 Å². The van der Waals surface area contributed by atoms with Crippen molar-refractivity contribution in [2.75, 3.05) is 7.05 Å². The van der Waals surface area contributed by atoms with Gasteiger partial charge in [0.25, 0.3) is 0 Å². The van der Waals surface area contributed by atoms with Crippen molar-refractivity contribution in [1.29, 1.82) is 0 Å². The van der Waals surface area contributed by atoms with Gasteiger partial charge in [0, 0.05) is 18.2 Å². The number of para-hydroxylation sites is 1. The molecule has 1 aromatic heterocycles. The van der Waals surface area contributed by atoms with Crippen molar-refractivity contribution in [3.05, 3.63) is 163 Å². The van der Waals surface area contributed by atoms with E-state index >= 15 is 0 Å². The molecule has 0 spiro atoms. The maximum Gasteiger partial charge on any atom is 0.163 e. The van der Waals surface area contributed by atoms with Crippen LogP contribution in [-0.4, -0.2) is 11.8 Å². The van der Waals surface area contributed by atoms with Gasteiger partial charge >= 0.3 is 0 Å². The van der Waals surface area contributed by atoms with Gasteiger partial charge in [-0.3, -0.25) is 4.99 Å². The molecular weight excluding hydrogens is 524 g/mol. The average molecular weight is 555 g/mol. The van der Waals surface area contributed by atoms with Crippen molar-refractivity contribution < 1.29 is 4.84 Å². The predicted molar refractivity (Wildman–Crippen MR) is 180 cm³/mol. The SMILES string of the molecule is C=Cc1ccccc1On1cc(-c2c3ccccc3c(-c3ccc(-c4ccccc4)cc3)c3ccccc23)ccc1=NC. The Morgan fingerprint density at radius 1 is 0.535 bits per heavy atom. The Kier molecular flexibility index (Phi) is 6.90. The molecule has 6 aromatic carbocycles. The molecule has 206 valence electrons. The van der Waals surface area contributed by atoms with Gasteiger partial charge in [-0.25, -0.2) is 0 Å². The number of aromatic nitrogens is 1. The maximum absolute atomic E-state index is 6.40. The summed E-state index contributed by atoms with van der Waals surface area (Å²) in [5, 5.41) is 4.78. The standard InChI is InChI=1S/C40H30N2O/c1-3-28-13-7-12-20-37(28)43-42-27-32(25-26-38(42)41-2)40-35-18-10-8-16-33(35)39(34-17-9-11-19-36(34)40)31-23-21-30(22-24-31)29-14-5-4-6-15-29/h3-27H,1H2,2H3. The molecular formula is C40H30N2O. The Labute approximate surface area is 251 Å². The second-order valence-electron chi connectivity index (χ2n) is 10.4. The minimum atomic E-state index is 0.714. The van der Waals surface area contributed by atoms with Crippen LogP contribution in [0.25, 0.3) is 61.0 Å². The number of fused-ring (bicyclic) bond motifs is 2. The van der Waals surface area contributed by atoms with E-state index in [0.717, 1.165) is 16.7 Å². The first-order chi connectivity index (χ1) is 21.2. The maximum atomic E-state index is 6.40. The fraction of sp³-hybridized carbons (Fsp3) is 0.0250. The van der Waals surface area contributed by atoms with E-state index in [4.69, 9.17) is 4.84 Å². The molecule has 3 heteroatoms. The van der Waals surface area contributed by atoms with E-state index in [1.807, 2.05) is 36.5 Å². The molecule has 1 heterocycles. The number of benzene rings is 6. The summed E-state index contributed by atoms with van der Waals surface area (Å²) in [6.07, 6.45) is 3.83. The Morgan fingerprint density at radius 2 is 1.02 bits per heavy atom. The molecule has 0 radical (unpaired) electrons. The van der Waals surface area contributed by atoms with Crippen molar-refractivity contribution in [2.45, 2.75) is 0 Å². The summed E-state index contributed by atoms with van der Waals surface area (Å²) in [6.45, 7) is 3.95. The monoisotopic (exact) mass is 554 g/mol. The van der Waals surface area contributed by atoms with Gasteiger partial charge in [-0.05, 0) is 67.6 Å². The van der Waals surface area contributed by atoms with Crippen molar-refractivity contribution in [2.24, 2.45) is 4.99 Å². The van der Waals surface area contributed by atoms with Crippen LogP contribution in [0.5, 0.6) is 5.75 Å². The van der Waals surface area contributed by atoms with Crippen LogP contribution < -0.4 is 10.3 Å². The van der Waals surface area contributed by atoms with E-state index in [9.17, 15) is 0 Å². The minimum Gasteiger partial charge on any atom is -0.373 e. The fourth-order valence-corrected chi connectivity index (χ4v) is 5.92. The van der Waals surface area contributed by atoms with Gasteiger partial charge in [0.15, 0.2) is 11.2 Å². The highest BCUT2D eigenvalue weighted by molar-refractivity contribution is 6.21. The number of hydrogen-bond acceptors (Lipinski definition) is 2. The molecule has 7 rings (SSSR count). The van der Waals surface area contributed by atoms with Crippen molar-refractivity contribution in [3.63, 3.8) is 0 Å². The minimum absolute atomic E-state index is 0.714. The zero-order valence-corrected chi connectivity index (χ0v) is 23.9. The Morgan fingerprint density at radius 3 is 1.63 bits per heavy atom. The Hall–Kier alpha value is -5.67. The van der Waals surface area contributed by atoms with Gasteiger partial charge in [0.2, 0.25) is 0 Å². The van der Waals surface area contributed by atoms with E-state index in [1.165, 1.54) is 43.8 Å². The Bertz CT molecular complexity index is 2120. The van der Waals surface area contributed by atoms with Crippen LogP contribution in [-0.2, 0) is 0 Å². The fourth-order valence-electron chi connectivity index (χ4n) is 5.92. The second kappa shape index (κ2) is 11.3. The molecule has 0 unspecified atom stereocenters. The highest BCUT2D eigenvalue weighted by atomic mass is 16.7. The van der Waals surface area contributed by atoms with E-state index in [2.05, 4.69) is 121 Å². The van der Waals surface area contributed by atoms with Crippen LogP contribution in [0.1, 0.15) is 5.56 Å². The van der Waals surface area contributed by atoms with Gasteiger partial charge in [-0.1, -0.05) is 134 Å². The molecule has 0 aliphatic heterocycles. The molecule has 0 atom stereocenters. The summed E-state index contributed by atoms with van der Waals surface area (Å²) in [6, 6.07) is 48.8. The van der Waals surface area contributed by atoms with Crippen molar-refractivity contribution >= 4 is 27.6 Å². The second-order valence-corrected chi connectivity index (χ2v) is 10.4. The first-order valence-corrected chi connectivity index (χ1v) is 14.4. The topological polar surface area (TPSA) is 26.5 Å². The first kappa shape index (κ1) is 26.2. The highest BCUT2D eigenvalue weighted by Crippen LogP contribution is 2.43. The van der Waals surface area contributed by atoms with Crippen LogP contribution in [0, 0.1) is 0 Å². The van der Waals surface area contributed by atoms with Crippen molar-refractivity contribution in [1.82, 2.24) is 4.73 Å². The highest BCUT2D eigenvalue weighted by Gasteiger charge is 2.17. The lowest BCUT2D eigenvalue weighted by molar-refractivity contribution is 0.201. The summed E-state index contributed by atoms with van der Waals surface area (Å²) >= 11 is 0. The van der Waals surface area contributed by atoms with Gasteiger partial charge in [0.05, 0.1) is 6.20 Å². The summed E-state index contributed by atoms with van der Waals surface area (Å²) in [7, 11) is 1.77. The summed E-state index contributed by atoms with van der Waals surface area (Å²) in [5.41, 5.74) is 8.69. The quantitative estimate of drug-likeness (QED) is 0.188.